The van der Waals surface area contributed by atoms with Crippen molar-refractivity contribution < 1.29 is 19.4 Å². The van der Waals surface area contributed by atoms with Gasteiger partial charge in [0.15, 0.2) is 0 Å². The van der Waals surface area contributed by atoms with Gasteiger partial charge in [-0.2, -0.15) is 0 Å². The lowest BCUT2D eigenvalue weighted by molar-refractivity contribution is -0.142. The summed E-state index contributed by atoms with van der Waals surface area (Å²) in [5.41, 5.74) is 0.706. The number of benzene rings is 1. The Morgan fingerprint density at radius 1 is 1.53 bits per heavy atom. The first-order valence-electron chi connectivity index (χ1n) is 5.39. The number of methoxy groups -OCH3 is 1. The summed E-state index contributed by atoms with van der Waals surface area (Å²) in [7, 11) is 1.36. The molecule has 0 saturated heterocycles. The maximum Gasteiger partial charge on any atom is 0.326 e. The number of carboxylic acids is 1. The van der Waals surface area contributed by atoms with Crippen molar-refractivity contribution in [2.24, 2.45) is 0 Å². The number of rotatable bonds is 6. The van der Waals surface area contributed by atoms with Gasteiger partial charge in [-0.1, -0.05) is 27.5 Å². The van der Waals surface area contributed by atoms with E-state index in [0.717, 1.165) is 4.47 Å². The molecule has 104 valence electrons. The third kappa shape index (κ3) is 5.18. The normalized spacial score (nSPS) is 11.9. The van der Waals surface area contributed by atoms with Gasteiger partial charge >= 0.3 is 5.97 Å². The van der Waals surface area contributed by atoms with Gasteiger partial charge in [0.2, 0.25) is 5.91 Å². The minimum Gasteiger partial charge on any atom is -0.480 e. The minimum atomic E-state index is -1.11. The van der Waals surface area contributed by atoms with Crippen molar-refractivity contribution in [3.8, 4) is 0 Å². The third-order valence-corrected chi connectivity index (χ3v) is 3.35. The number of hydrogen-bond acceptors (Lipinski definition) is 3. The summed E-state index contributed by atoms with van der Waals surface area (Å²) < 4.78 is 5.38. The van der Waals surface area contributed by atoms with Crippen molar-refractivity contribution in [3.05, 3.63) is 33.3 Å². The quantitative estimate of drug-likeness (QED) is 0.821. The van der Waals surface area contributed by atoms with Crippen LogP contribution in [0, 0.1) is 0 Å². The van der Waals surface area contributed by atoms with Gasteiger partial charge < -0.3 is 15.2 Å². The predicted octanol–water partition coefficient (Wildman–Crippen LogP) is 1.86. The summed E-state index contributed by atoms with van der Waals surface area (Å²) in [6.45, 7) is -0.180. The number of hydrogen-bond donors (Lipinski definition) is 2. The summed E-state index contributed by atoms with van der Waals surface area (Å²) >= 11 is 9.18. The van der Waals surface area contributed by atoms with Crippen LogP contribution in [0.3, 0.4) is 0 Å². The fourth-order valence-corrected chi connectivity index (χ4v) is 2.09. The molecule has 0 heterocycles. The average Bonchev–Trinajstić information content (AvgIpc) is 2.33. The van der Waals surface area contributed by atoms with Crippen LogP contribution < -0.4 is 5.32 Å². The van der Waals surface area contributed by atoms with Gasteiger partial charge in [0.05, 0.1) is 0 Å². The molecule has 0 spiro atoms. The molecule has 1 aromatic rings. The number of aliphatic carboxylic acids is 1. The standard InChI is InChI=1S/C12H13BrClNO4/c1-19-6-11(16)15-10(12(17)18)5-7-4-8(14)2-3-9(7)13/h2-4,10H,5-6H2,1H3,(H,15,16)(H,17,18)/t10-/m0/s1. The molecule has 0 saturated carbocycles. The summed E-state index contributed by atoms with van der Waals surface area (Å²) in [4.78, 5) is 22.5. The molecule has 0 aromatic heterocycles. The maximum atomic E-state index is 11.4. The highest BCUT2D eigenvalue weighted by molar-refractivity contribution is 9.10. The van der Waals surface area contributed by atoms with Crippen LogP contribution in [0.15, 0.2) is 22.7 Å². The van der Waals surface area contributed by atoms with E-state index in [-0.39, 0.29) is 13.0 Å². The van der Waals surface area contributed by atoms with Crippen LogP contribution in [0.4, 0.5) is 0 Å². The Labute approximate surface area is 124 Å². The molecule has 0 aliphatic rings. The predicted molar refractivity (Wildman–Crippen MR) is 74.3 cm³/mol. The third-order valence-electron chi connectivity index (χ3n) is 2.34. The number of carbonyl (C=O) groups excluding carboxylic acids is 1. The van der Waals surface area contributed by atoms with Crippen molar-refractivity contribution in [1.29, 1.82) is 0 Å². The Morgan fingerprint density at radius 3 is 2.79 bits per heavy atom. The summed E-state index contributed by atoms with van der Waals surface area (Å²) in [6.07, 6.45) is 0.131. The molecule has 0 aliphatic carbocycles. The molecule has 1 amide bonds. The zero-order valence-corrected chi connectivity index (χ0v) is 12.5. The van der Waals surface area contributed by atoms with Gasteiger partial charge in [-0.25, -0.2) is 4.79 Å². The first-order valence-corrected chi connectivity index (χ1v) is 6.56. The fourth-order valence-electron chi connectivity index (χ4n) is 1.49. The van der Waals surface area contributed by atoms with E-state index in [9.17, 15) is 9.59 Å². The van der Waals surface area contributed by atoms with Crippen LogP contribution in [-0.2, 0) is 20.7 Å². The van der Waals surface area contributed by atoms with Gasteiger partial charge in [0.25, 0.3) is 0 Å². The van der Waals surface area contributed by atoms with Gasteiger partial charge in [-0.3, -0.25) is 4.79 Å². The Balaban J connectivity index is 2.81. The average molecular weight is 351 g/mol. The number of halogens is 2. The lowest BCUT2D eigenvalue weighted by Gasteiger charge is -2.15. The van der Waals surface area contributed by atoms with E-state index < -0.39 is 17.9 Å². The minimum absolute atomic E-state index is 0.131. The highest BCUT2D eigenvalue weighted by Crippen LogP contribution is 2.22. The van der Waals surface area contributed by atoms with E-state index in [1.807, 2.05) is 0 Å². The number of nitrogens with one attached hydrogen (secondary N) is 1. The molecule has 0 unspecified atom stereocenters. The monoisotopic (exact) mass is 349 g/mol. The van der Waals surface area contributed by atoms with Crippen molar-refractivity contribution in [2.45, 2.75) is 12.5 Å². The summed E-state index contributed by atoms with van der Waals surface area (Å²) in [5, 5.41) is 12.0. The van der Waals surface area contributed by atoms with Crippen molar-refractivity contribution in [3.63, 3.8) is 0 Å². The number of amides is 1. The second-order valence-electron chi connectivity index (χ2n) is 3.83. The molecule has 0 aliphatic heterocycles. The first-order chi connectivity index (χ1) is 8.93. The van der Waals surface area contributed by atoms with E-state index in [0.29, 0.717) is 10.6 Å². The van der Waals surface area contributed by atoms with E-state index in [2.05, 4.69) is 26.0 Å². The number of ether oxygens (including phenoxy) is 1. The van der Waals surface area contributed by atoms with E-state index in [1.165, 1.54) is 7.11 Å². The van der Waals surface area contributed by atoms with Crippen molar-refractivity contribution in [2.75, 3.05) is 13.7 Å². The smallest absolute Gasteiger partial charge is 0.326 e. The lowest BCUT2D eigenvalue weighted by Crippen LogP contribution is -2.43. The van der Waals surface area contributed by atoms with Crippen molar-refractivity contribution >= 4 is 39.4 Å². The highest BCUT2D eigenvalue weighted by Gasteiger charge is 2.21. The zero-order valence-electron chi connectivity index (χ0n) is 10.2. The van der Waals surface area contributed by atoms with Crippen LogP contribution in [0.25, 0.3) is 0 Å². The van der Waals surface area contributed by atoms with E-state index in [1.54, 1.807) is 18.2 Å². The van der Waals surface area contributed by atoms with Crippen molar-refractivity contribution in [1.82, 2.24) is 5.32 Å². The maximum absolute atomic E-state index is 11.4. The lowest BCUT2D eigenvalue weighted by atomic mass is 10.1. The van der Waals surface area contributed by atoms with Gasteiger partial charge in [0, 0.05) is 23.0 Å². The molecule has 2 N–H and O–H groups in total. The van der Waals surface area contributed by atoms with E-state index in [4.69, 9.17) is 16.7 Å². The molecule has 19 heavy (non-hydrogen) atoms. The second kappa shape index (κ2) is 7.47. The Bertz CT molecular complexity index is 481. The number of carboxylic acid groups (broad SMARTS) is 1. The first kappa shape index (κ1) is 15.9. The number of carbonyl (C=O) groups is 2. The van der Waals surface area contributed by atoms with E-state index >= 15 is 0 Å². The van der Waals surface area contributed by atoms with Gasteiger partial charge in [-0.15, -0.1) is 0 Å². The van der Waals surface area contributed by atoms with Crippen LogP contribution in [0.2, 0.25) is 5.02 Å². The SMILES string of the molecule is COCC(=O)N[C@@H](Cc1cc(Cl)ccc1Br)C(=O)O. The Kier molecular flexibility index (Phi) is 6.27. The van der Waals surface area contributed by atoms with Gasteiger partial charge in [0.1, 0.15) is 12.6 Å². The molecule has 1 atom stereocenters. The molecule has 5 nitrogen and oxygen atoms in total. The Morgan fingerprint density at radius 2 is 2.21 bits per heavy atom. The highest BCUT2D eigenvalue weighted by atomic mass is 79.9. The largest absolute Gasteiger partial charge is 0.480 e. The van der Waals surface area contributed by atoms with Gasteiger partial charge in [-0.05, 0) is 23.8 Å². The second-order valence-corrected chi connectivity index (χ2v) is 5.12. The molecule has 0 bridgehead atoms. The molecular weight excluding hydrogens is 337 g/mol. The van der Waals surface area contributed by atoms with Crippen LogP contribution in [-0.4, -0.2) is 36.7 Å². The molecule has 0 radical (unpaired) electrons. The topological polar surface area (TPSA) is 75.6 Å². The zero-order chi connectivity index (χ0) is 14.4. The summed E-state index contributed by atoms with van der Waals surface area (Å²) in [5.74, 6) is -1.59. The fraction of sp³-hybridized carbons (Fsp3) is 0.333. The summed E-state index contributed by atoms with van der Waals surface area (Å²) in [6, 6.07) is 4.05. The molecule has 1 aromatic carbocycles. The van der Waals surface area contributed by atoms with Crippen LogP contribution in [0.1, 0.15) is 5.56 Å². The molecule has 1 rings (SSSR count). The van der Waals surface area contributed by atoms with Crippen LogP contribution >= 0.6 is 27.5 Å². The molecule has 7 heteroatoms. The van der Waals surface area contributed by atoms with Crippen LogP contribution in [0.5, 0.6) is 0 Å². The molecular formula is C12H13BrClNO4. The molecule has 0 fully saturated rings. The Hall–Kier alpha value is -1.11.